The Kier molecular flexibility index (Phi) is 2.93. The van der Waals surface area contributed by atoms with Gasteiger partial charge in [-0.15, -0.1) is 0 Å². The molecule has 0 unspecified atom stereocenters. The fraction of sp³-hybridized carbons (Fsp3) is 0.733. The summed E-state index contributed by atoms with van der Waals surface area (Å²) in [5, 5.41) is 3.32. The van der Waals surface area contributed by atoms with E-state index < -0.39 is 0 Å². The highest BCUT2D eigenvalue weighted by Crippen LogP contribution is 2.52. The van der Waals surface area contributed by atoms with Crippen LogP contribution in [-0.2, 0) is 9.59 Å². The Morgan fingerprint density at radius 2 is 1.60 bits per heavy atom. The SMILES string of the molecule is O=C1[C@@H]2[C@@H](C(=O)N1CCN1CCNCC1)[C@H]1C=C[C@@H]2C1. The van der Waals surface area contributed by atoms with Crippen molar-refractivity contribution in [3.63, 3.8) is 0 Å². The maximum absolute atomic E-state index is 12.5. The van der Waals surface area contributed by atoms with Gasteiger partial charge in [-0.3, -0.25) is 19.4 Å². The lowest BCUT2D eigenvalue weighted by atomic mass is 9.85. The van der Waals surface area contributed by atoms with Gasteiger partial charge in [0.15, 0.2) is 0 Å². The molecule has 0 aromatic carbocycles. The second-order valence-corrected chi connectivity index (χ2v) is 6.42. The summed E-state index contributed by atoms with van der Waals surface area (Å²) in [5.74, 6) is 0.747. The normalized spacial score (nSPS) is 39.9. The van der Waals surface area contributed by atoms with E-state index >= 15 is 0 Å². The van der Waals surface area contributed by atoms with Crippen molar-refractivity contribution in [1.82, 2.24) is 15.1 Å². The number of amides is 2. The molecule has 2 amide bonds. The van der Waals surface area contributed by atoms with E-state index in [4.69, 9.17) is 0 Å². The summed E-state index contributed by atoms with van der Waals surface area (Å²) >= 11 is 0. The van der Waals surface area contributed by atoms with Crippen LogP contribution in [0, 0.1) is 23.7 Å². The number of carbonyl (C=O) groups is 2. The molecule has 3 fully saturated rings. The maximum atomic E-state index is 12.5. The molecule has 2 saturated heterocycles. The van der Waals surface area contributed by atoms with Gasteiger partial charge < -0.3 is 5.32 Å². The molecule has 2 aliphatic carbocycles. The number of piperazine rings is 1. The van der Waals surface area contributed by atoms with Crippen LogP contribution in [0.3, 0.4) is 0 Å². The first kappa shape index (κ1) is 12.5. The number of nitrogens with one attached hydrogen (secondary N) is 1. The van der Waals surface area contributed by atoms with Gasteiger partial charge >= 0.3 is 0 Å². The van der Waals surface area contributed by atoms with Crippen molar-refractivity contribution in [3.05, 3.63) is 12.2 Å². The van der Waals surface area contributed by atoms with Crippen LogP contribution in [-0.4, -0.2) is 60.9 Å². The molecule has 5 heteroatoms. The van der Waals surface area contributed by atoms with E-state index in [2.05, 4.69) is 22.4 Å². The second-order valence-electron chi connectivity index (χ2n) is 6.42. The number of imide groups is 1. The molecular weight excluding hydrogens is 254 g/mol. The third-order valence-electron chi connectivity index (χ3n) is 5.41. The first-order valence-corrected chi connectivity index (χ1v) is 7.72. The molecule has 4 aliphatic rings. The van der Waals surface area contributed by atoms with E-state index in [-0.39, 0.29) is 23.7 Å². The monoisotopic (exact) mass is 275 g/mol. The van der Waals surface area contributed by atoms with Crippen molar-refractivity contribution < 1.29 is 9.59 Å². The molecule has 1 saturated carbocycles. The summed E-state index contributed by atoms with van der Waals surface area (Å²) in [7, 11) is 0. The summed E-state index contributed by atoms with van der Waals surface area (Å²) < 4.78 is 0. The Hall–Kier alpha value is -1.20. The summed E-state index contributed by atoms with van der Waals surface area (Å²) in [4.78, 5) is 28.9. The highest BCUT2D eigenvalue weighted by Gasteiger charge is 2.58. The Balaban J connectivity index is 1.42. The third kappa shape index (κ3) is 1.76. The number of rotatable bonds is 3. The Morgan fingerprint density at radius 1 is 1.00 bits per heavy atom. The zero-order chi connectivity index (χ0) is 13.7. The molecule has 5 nitrogen and oxygen atoms in total. The molecule has 2 heterocycles. The lowest BCUT2D eigenvalue weighted by Gasteiger charge is -2.28. The molecule has 0 aromatic rings. The van der Waals surface area contributed by atoms with E-state index in [0.29, 0.717) is 18.4 Å². The Morgan fingerprint density at radius 3 is 2.20 bits per heavy atom. The standard InChI is InChI=1S/C15H21N3O2/c19-14-12-10-1-2-11(9-10)13(12)15(20)18(14)8-7-17-5-3-16-4-6-17/h1-2,10-13,16H,3-9H2/t10-,11+,12-,13-/m0/s1. The number of likely N-dealkylation sites (tertiary alicyclic amines) is 1. The lowest BCUT2D eigenvalue weighted by Crippen LogP contribution is -2.47. The van der Waals surface area contributed by atoms with Crippen LogP contribution < -0.4 is 5.32 Å². The minimum Gasteiger partial charge on any atom is -0.314 e. The number of allylic oxidation sites excluding steroid dienone is 2. The van der Waals surface area contributed by atoms with Crippen molar-refractivity contribution in [2.75, 3.05) is 39.3 Å². The molecule has 2 aliphatic heterocycles. The number of hydrogen-bond acceptors (Lipinski definition) is 4. The highest BCUT2D eigenvalue weighted by atomic mass is 16.2. The van der Waals surface area contributed by atoms with Gasteiger partial charge in [0.2, 0.25) is 11.8 Å². The van der Waals surface area contributed by atoms with Crippen molar-refractivity contribution in [3.8, 4) is 0 Å². The third-order valence-corrected chi connectivity index (χ3v) is 5.41. The number of carbonyl (C=O) groups excluding carboxylic acids is 2. The smallest absolute Gasteiger partial charge is 0.233 e. The molecule has 1 N–H and O–H groups in total. The minimum absolute atomic E-state index is 0.0412. The zero-order valence-electron chi connectivity index (χ0n) is 11.6. The van der Waals surface area contributed by atoms with Gasteiger partial charge in [0, 0.05) is 39.3 Å². The van der Waals surface area contributed by atoms with Gasteiger partial charge in [0.25, 0.3) is 0 Å². The lowest BCUT2D eigenvalue weighted by molar-refractivity contribution is -0.140. The quantitative estimate of drug-likeness (QED) is 0.567. The molecule has 0 radical (unpaired) electrons. The van der Waals surface area contributed by atoms with Crippen LogP contribution in [0.2, 0.25) is 0 Å². The van der Waals surface area contributed by atoms with Gasteiger partial charge in [-0.25, -0.2) is 0 Å². The van der Waals surface area contributed by atoms with E-state index in [9.17, 15) is 9.59 Å². The topological polar surface area (TPSA) is 52.7 Å². The molecule has 4 rings (SSSR count). The van der Waals surface area contributed by atoms with E-state index in [1.54, 1.807) is 4.90 Å². The van der Waals surface area contributed by atoms with Crippen molar-refractivity contribution in [1.29, 1.82) is 0 Å². The Bertz CT molecular complexity index is 440. The Labute approximate surface area is 119 Å². The summed E-state index contributed by atoms with van der Waals surface area (Å²) in [6.45, 7) is 5.42. The van der Waals surface area contributed by atoms with Crippen molar-refractivity contribution >= 4 is 11.8 Å². The first-order chi connectivity index (χ1) is 9.75. The van der Waals surface area contributed by atoms with Crippen LogP contribution in [0.15, 0.2) is 12.2 Å². The zero-order valence-corrected chi connectivity index (χ0v) is 11.6. The average molecular weight is 275 g/mol. The van der Waals surface area contributed by atoms with Crippen LogP contribution >= 0.6 is 0 Å². The van der Waals surface area contributed by atoms with Gasteiger partial charge in [-0.05, 0) is 18.3 Å². The molecular formula is C15H21N3O2. The van der Waals surface area contributed by atoms with E-state index in [1.165, 1.54) is 0 Å². The second kappa shape index (κ2) is 4.67. The van der Waals surface area contributed by atoms with Crippen LogP contribution in [0.1, 0.15) is 6.42 Å². The fourth-order valence-corrected chi connectivity index (χ4v) is 4.36. The fourth-order valence-electron chi connectivity index (χ4n) is 4.36. The van der Waals surface area contributed by atoms with E-state index in [0.717, 1.165) is 39.1 Å². The predicted octanol–water partition coefficient (Wildman–Crippen LogP) is -0.301. The van der Waals surface area contributed by atoms with Gasteiger partial charge in [0.1, 0.15) is 0 Å². The number of hydrogen-bond donors (Lipinski definition) is 1. The average Bonchev–Trinajstić information content (AvgIpc) is 3.13. The highest BCUT2D eigenvalue weighted by molar-refractivity contribution is 6.06. The molecule has 108 valence electrons. The summed E-state index contributed by atoms with van der Waals surface area (Å²) in [6.07, 6.45) is 5.31. The molecule has 4 atom stereocenters. The van der Waals surface area contributed by atoms with Crippen molar-refractivity contribution in [2.24, 2.45) is 23.7 Å². The van der Waals surface area contributed by atoms with Gasteiger partial charge in [-0.1, -0.05) is 12.2 Å². The molecule has 0 aromatic heterocycles. The van der Waals surface area contributed by atoms with Crippen molar-refractivity contribution in [2.45, 2.75) is 6.42 Å². The van der Waals surface area contributed by atoms with Crippen LogP contribution in [0.25, 0.3) is 0 Å². The summed E-state index contributed by atoms with van der Waals surface area (Å²) in [6, 6.07) is 0. The summed E-state index contributed by atoms with van der Waals surface area (Å²) in [5.41, 5.74) is 0. The minimum atomic E-state index is -0.0412. The maximum Gasteiger partial charge on any atom is 0.233 e. The van der Waals surface area contributed by atoms with Crippen LogP contribution in [0.5, 0.6) is 0 Å². The first-order valence-electron chi connectivity index (χ1n) is 7.72. The number of nitrogens with zero attached hydrogens (tertiary/aromatic N) is 2. The molecule has 0 spiro atoms. The van der Waals surface area contributed by atoms with Gasteiger partial charge in [-0.2, -0.15) is 0 Å². The number of fused-ring (bicyclic) bond motifs is 5. The van der Waals surface area contributed by atoms with Crippen LogP contribution in [0.4, 0.5) is 0 Å². The van der Waals surface area contributed by atoms with Gasteiger partial charge in [0.05, 0.1) is 11.8 Å². The largest absolute Gasteiger partial charge is 0.314 e. The molecule has 20 heavy (non-hydrogen) atoms. The molecule has 2 bridgehead atoms. The van der Waals surface area contributed by atoms with E-state index in [1.807, 2.05) is 0 Å². The predicted molar refractivity (Wildman–Crippen MR) is 73.7 cm³/mol.